The van der Waals surface area contributed by atoms with Crippen molar-refractivity contribution >= 4 is 5.78 Å². The Hall–Kier alpha value is -1.45. The van der Waals surface area contributed by atoms with Gasteiger partial charge in [-0.3, -0.25) is 4.79 Å². The van der Waals surface area contributed by atoms with Crippen LogP contribution >= 0.6 is 0 Å². The van der Waals surface area contributed by atoms with E-state index in [9.17, 15) is 45.5 Å². The van der Waals surface area contributed by atoms with Gasteiger partial charge in [0.1, 0.15) is 49.3 Å². The molecular weight excluding hydrogens is 350 g/mol. The van der Waals surface area contributed by atoms with Crippen molar-refractivity contribution < 1.29 is 54.8 Å². The van der Waals surface area contributed by atoms with E-state index in [1.54, 1.807) is 0 Å². The zero-order chi connectivity index (χ0) is 18.9. The van der Waals surface area contributed by atoms with Crippen LogP contribution < -0.4 is 0 Å². The predicted octanol–water partition coefficient (Wildman–Crippen LogP) is -4.90. The molecule has 2 fully saturated rings. The highest BCUT2D eigenvalue weighted by molar-refractivity contribution is 5.92. The van der Waals surface area contributed by atoms with Crippen LogP contribution in [-0.2, 0) is 19.1 Å². The fourth-order valence-electron chi connectivity index (χ4n) is 2.78. The summed E-state index contributed by atoms with van der Waals surface area (Å²) in [6, 6.07) is 0. The number of aliphatic hydroxyl groups excluding tert-OH is 5. The van der Waals surface area contributed by atoms with Gasteiger partial charge >= 0.3 is 0 Å². The molecule has 0 unspecified atom stereocenters. The first-order chi connectivity index (χ1) is 11.6. The molecule has 0 spiro atoms. The summed E-state index contributed by atoms with van der Waals surface area (Å²) in [6.07, 6.45) is -12.2. The van der Waals surface area contributed by atoms with Crippen molar-refractivity contribution in [1.29, 1.82) is 0 Å². The lowest BCUT2D eigenvalue weighted by Crippen LogP contribution is -2.59. The Morgan fingerprint density at radius 3 is 2.52 bits per heavy atom. The lowest BCUT2D eigenvalue weighted by molar-refractivity contribution is -0.759. The van der Waals surface area contributed by atoms with E-state index in [0.717, 1.165) is 0 Å². The standard InChI is InChI=1S/C12H19NO12/c14-4(2-25-13(21)22)6(16)7(17)8(18)10(19)12(20)3-24-9-5(15)1-23-11(9)12/h4-9,11,14-18,20H,1-3H2/t4-,5-,6-,7+,8-,9-,11+,12+/m1/s1. The van der Waals surface area contributed by atoms with Crippen LogP contribution in [0, 0.1) is 10.1 Å². The van der Waals surface area contributed by atoms with Gasteiger partial charge in [-0.1, -0.05) is 0 Å². The van der Waals surface area contributed by atoms with E-state index in [2.05, 4.69) is 4.84 Å². The maximum absolute atomic E-state index is 12.3. The number of rotatable bonds is 8. The second-order valence-electron chi connectivity index (χ2n) is 5.90. The monoisotopic (exact) mass is 369 g/mol. The van der Waals surface area contributed by atoms with Gasteiger partial charge in [-0.25, -0.2) is 0 Å². The van der Waals surface area contributed by atoms with Gasteiger partial charge in [-0.2, -0.15) is 0 Å². The Balaban J connectivity index is 2.02. The number of hydrogen-bond donors (Lipinski definition) is 6. The van der Waals surface area contributed by atoms with Gasteiger partial charge in [0.05, 0.1) is 13.2 Å². The molecule has 2 aliphatic rings. The van der Waals surface area contributed by atoms with Crippen LogP contribution in [0.1, 0.15) is 0 Å². The average molecular weight is 369 g/mol. The number of nitrogens with zero attached hydrogens (tertiary/aromatic N) is 1. The number of aliphatic hydroxyl groups is 6. The van der Waals surface area contributed by atoms with Crippen LogP contribution in [0.2, 0.25) is 0 Å². The number of fused-ring (bicyclic) bond motifs is 1. The molecule has 0 aromatic heterocycles. The zero-order valence-corrected chi connectivity index (χ0v) is 12.7. The maximum atomic E-state index is 12.3. The summed E-state index contributed by atoms with van der Waals surface area (Å²) in [6.45, 7) is -1.84. The van der Waals surface area contributed by atoms with Crippen molar-refractivity contribution in [1.82, 2.24) is 0 Å². The molecule has 0 amide bonds. The number of ketones is 1. The third-order valence-corrected chi connectivity index (χ3v) is 4.20. The molecule has 0 bridgehead atoms. The molecule has 0 saturated carbocycles. The van der Waals surface area contributed by atoms with Crippen LogP contribution in [0.4, 0.5) is 0 Å². The van der Waals surface area contributed by atoms with E-state index >= 15 is 0 Å². The summed E-state index contributed by atoms with van der Waals surface area (Å²) in [5.41, 5.74) is -2.38. The Bertz CT molecular complexity index is 516. The van der Waals surface area contributed by atoms with Gasteiger partial charge < -0.3 is 45.0 Å². The molecule has 2 heterocycles. The number of carbonyl (C=O) groups is 1. The molecule has 25 heavy (non-hydrogen) atoms. The largest absolute Gasteiger partial charge is 0.388 e. The molecule has 0 aromatic rings. The molecule has 8 atom stereocenters. The molecule has 2 aliphatic heterocycles. The summed E-state index contributed by atoms with van der Waals surface area (Å²) >= 11 is 0. The Morgan fingerprint density at radius 1 is 1.28 bits per heavy atom. The number of carbonyl (C=O) groups excluding carboxylic acids is 1. The molecule has 2 rings (SSSR count). The lowest BCUT2D eigenvalue weighted by atomic mass is 9.85. The molecule has 0 aromatic carbocycles. The molecule has 13 heteroatoms. The minimum Gasteiger partial charge on any atom is -0.388 e. The molecule has 2 saturated heterocycles. The van der Waals surface area contributed by atoms with Gasteiger partial charge in [-0.15, -0.1) is 10.1 Å². The number of ether oxygens (including phenoxy) is 2. The first-order valence-corrected chi connectivity index (χ1v) is 7.27. The molecule has 0 radical (unpaired) electrons. The quantitative estimate of drug-likeness (QED) is 0.176. The highest BCUT2D eigenvalue weighted by Gasteiger charge is 2.61. The average Bonchev–Trinajstić information content (AvgIpc) is 3.11. The van der Waals surface area contributed by atoms with E-state index in [1.807, 2.05) is 0 Å². The third kappa shape index (κ3) is 3.73. The second-order valence-corrected chi connectivity index (χ2v) is 5.90. The maximum Gasteiger partial charge on any atom is 0.294 e. The normalized spacial score (nSPS) is 36.3. The van der Waals surface area contributed by atoms with E-state index in [1.165, 1.54) is 0 Å². The van der Waals surface area contributed by atoms with Crippen LogP contribution in [0.3, 0.4) is 0 Å². The molecule has 144 valence electrons. The minimum atomic E-state index is -2.38. The van der Waals surface area contributed by atoms with Crippen molar-refractivity contribution in [2.45, 2.75) is 48.3 Å². The summed E-state index contributed by atoms with van der Waals surface area (Å²) < 4.78 is 10.2. The van der Waals surface area contributed by atoms with E-state index in [0.29, 0.717) is 0 Å². The summed E-state index contributed by atoms with van der Waals surface area (Å²) in [5.74, 6) is -1.36. The van der Waals surface area contributed by atoms with Crippen molar-refractivity contribution in [2.75, 3.05) is 19.8 Å². The SMILES string of the molecule is O=C([C@H](O)[C@@H](O)[C@H](O)[C@H](O)CO[N+](=O)[O-])[C@@]1(O)CO[C@@H]2[C@H](O)CO[C@@H]21. The Kier molecular flexibility index (Phi) is 5.90. The zero-order valence-electron chi connectivity index (χ0n) is 12.7. The molecular formula is C12H19NO12. The number of hydrogen-bond acceptors (Lipinski definition) is 12. The van der Waals surface area contributed by atoms with Crippen LogP contribution in [0.5, 0.6) is 0 Å². The van der Waals surface area contributed by atoms with Gasteiger partial charge in [0.15, 0.2) is 5.60 Å². The predicted molar refractivity (Wildman–Crippen MR) is 72.4 cm³/mol. The topological polar surface area (TPSA) is 209 Å². The van der Waals surface area contributed by atoms with E-state index in [4.69, 9.17) is 9.47 Å². The fraction of sp³-hybridized carbons (Fsp3) is 0.917. The Morgan fingerprint density at radius 2 is 1.92 bits per heavy atom. The lowest BCUT2D eigenvalue weighted by Gasteiger charge is -2.31. The van der Waals surface area contributed by atoms with Crippen molar-refractivity contribution in [2.24, 2.45) is 0 Å². The van der Waals surface area contributed by atoms with Crippen molar-refractivity contribution in [3.05, 3.63) is 10.1 Å². The highest BCUT2D eigenvalue weighted by atomic mass is 17.0. The summed E-state index contributed by atoms with van der Waals surface area (Å²) in [4.78, 5) is 26.2. The van der Waals surface area contributed by atoms with Gasteiger partial charge in [0, 0.05) is 0 Å². The Labute approximate surface area is 140 Å². The first kappa shape index (κ1) is 19.9. The fourth-order valence-corrected chi connectivity index (χ4v) is 2.78. The number of Topliss-reactive ketones (excluding diaryl/α,β-unsaturated/α-hetero) is 1. The molecule has 6 N–H and O–H groups in total. The van der Waals surface area contributed by atoms with Crippen LogP contribution in [0.25, 0.3) is 0 Å². The van der Waals surface area contributed by atoms with Gasteiger partial charge in [-0.05, 0) is 0 Å². The van der Waals surface area contributed by atoms with Crippen molar-refractivity contribution in [3.63, 3.8) is 0 Å². The van der Waals surface area contributed by atoms with Crippen LogP contribution in [0.15, 0.2) is 0 Å². The van der Waals surface area contributed by atoms with E-state index < -0.39 is 72.4 Å². The smallest absolute Gasteiger partial charge is 0.294 e. The van der Waals surface area contributed by atoms with Gasteiger partial charge in [0.2, 0.25) is 5.78 Å². The molecule has 13 nitrogen and oxygen atoms in total. The third-order valence-electron chi connectivity index (χ3n) is 4.20. The minimum absolute atomic E-state index is 0.205. The van der Waals surface area contributed by atoms with E-state index in [-0.39, 0.29) is 6.61 Å². The summed E-state index contributed by atoms with van der Waals surface area (Å²) in [7, 11) is 0. The van der Waals surface area contributed by atoms with Crippen molar-refractivity contribution in [3.8, 4) is 0 Å². The molecule has 0 aliphatic carbocycles. The summed E-state index contributed by atoms with van der Waals surface area (Å²) in [5, 5.41) is 67.7. The van der Waals surface area contributed by atoms with Crippen LogP contribution in [-0.4, -0.2) is 110 Å². The second kappa shape index (κ2) is 7.43. The first-order valence-electron chi connectivity index (χ1n) is 7.27. The highest BCUT2D eigenvalue weighted by Crippen LogP contribution is 2.36. The van der Waals surface area contributed by atoms with Gasteiger partial charge in [0.25, 0.3) is 5.09 Å².